The van der Waals surface area contributed by atoms with Gasteiger partial charge in [-0.2, -0.15) is 0 Å². The molecule has 0 aromatic heterocycles. The average Bonchev–Trinajstić information content (AvgIpc) is 0.897. The number of aliphatic hydroxyl groups is 1. The van der Waals surface area contributed by atoms with E-state index in [1.165, 1.54) is 321 Å². The Balaban J connectivity index is 5.23. The van der Waals surface area contributed by atoms with E-state index in [0.717, 1.165) is 95.8 Å². The standard InChI is InChI=1S/C91H178O17P2/c1-6-9-12-15-18-21-24-27-30-32-34-36-38-40-42-45-48-51-56-62-67-72-77-91(96)107-86(80-101-88(93)74-69-64-59-54-49-46-44-41-39-37-35-33-31-28-25-22-19-16-13-10-7-2)82-105-109(97,98)103-78-85(92)79-104-110(99,100)106-83-87(81-102-89(94)75-70-65-60-57-52-53-58-63-68-73-84(4)5)108-90(95)76-71-66-61-55-50-47-43-29-26-23-20-17-14-11-8-3/h84-87,92H,6-83H2,1-5H3,(H,97,98)(H,99,100)/t85-,86-,87-/m1/s1. The van der Waals surface area contributed by atoms with Crippen molar-refractivity contribution in [3.8, 4) is 0 Å². The summed E-state index contributed by atoms with van der Waals surface area (Å²) in [6.45, 7) is 7.37. The molecule has 2 unspecified atom stereocenters. The Kier molecular flexibility index (Phi) is 82.1. The minimum absolute atomic E-state index is 0.108. The number of ether oxygens (including phenoxy) is 4. The maximum absolute atomic E-state index is 13.2. The molecule has 0 aliphatic carbocycles. The van der Waals surface area contributed by atoms with E-state index < -0.39 is 97.5 Å². The minimum atomic E-state index is -4.97. The molecule has 0 aliphatic rings. The summed E-state index contributed by atoms with van der Waals surface area (Å²) in [4.78, 5) is 73.4. The van der Waals surface area contributed by atoms with Crippen molar-refractivity contribution in [3.05, 3.63) is 0 Å². The summed E-state index contributed by atoms with van der Waals surface area (Å²) in [7, 11) is -9.93. The normalized spacial score (nSPS) is 13.7. The number of esters is 4. The maximum Gasteiger partial charge on any atom is 0.472 e. The minimum Gasteiger partial charge on any atom is -0.462 e. The molecule has 0 amide bonds. The van der Waals surface area contributed by atoms with Gasteiger partial charge in [-0.3, -0.25) is 37.3 Å². The summed E-state index contributed by atoms with van der Waals surface area (Å²) in [6, 6.07) is 0. The molecule has 0 aromatic rings. The van der Waals surface area contributed by atoms with E-state index in [2.05, 4.69) is 34.6 Å². The van der Waals surface area contributed by atoms with Crippen LogP contribution in [0.1, 0.15) is 497 Å². The van der Waals surface area contributed by atoms with Crippen LogP contribution in [0, 0.1) is 5.92 Å². The van der Waals surface area contributed by atoms with Gasteiger partial charge in [0.2, 0.25) is 0 Å². The zero-order valence-corrected chi connectivity index (χ0v) is 74.2. The van der Waals surface area contributed by atoms with Crippen molar-refractivity contribution in [1.29, 1.82) is 0 Å². The molecule has 0 aliphatic heterocycles. The summed E-state index contributed by atoms with van der Waals surface area (Å²) in [6.07, 6.45) is 79.4. The number of phosphoric acid groups is 2. The summed E-state index contributed by atoms with van der Waals surface area (Å²) in [5.74, 6) is -1.35. The van der Waals surface area contributed by atoms with Crippen LogP contribution in [0.2, 0.25) is 0 Å². The molecular weight excluding hydrogens is 1430 g/mol. The number of unbranched alkanes of at least 4 members (excludes halogenated alkanes) is 63. The van der Waals surface area contributed by atoms with Crippen molar-refractivity contribution < 1.29 is 80.2 Å². The van der Waals surface area contributed by atoms with E-state index in [0.29, 0.717) is 25.7 Å². The number of hydrogen-bond donors (Lipinski definition) is 3. The van der Waals surface area contributed by atoms with Crippen molar-refractivity contribution in [3.63, 3.8) is 0 Å². The molecule has 0 fully saturated rings. The second kappa shape index (κ2) is 83.5. The molecule has 17 nitrogen and oxygen atoms in total. The van der Waals surface area contributed by atoms with Gasteiger partial charge in [-0.15, -0.1) is 0 Å². The second-order valence-corrected chi connectivity index (χ2v) is 36.1. The largest absolute Gasteiger partial charge is 0.472 e. The molecule has 0 spiro atoms. The zero-order valence-electron chi connectivity index (χ0n) is 72.4. The van der Waals surface area contributed by atoms with Crippen LogP contribution < -0.4 is 0 Å². The second-order valence-electron chi connectivity index (χ2n) is 33.2. The fraction of sp³-hybridized carbons (Fsp3) is 0.956. The first kappa shape index (κ1) is 108. The van der Waals surface area contributed by atoms with Gasteiger partial charge in [0, 0.05) is 25.7 Å². The van der Waals surface area contributed by atoms with E-state index in [-0.39, 0.29) is 25.7 Å². The fourth-order valence-corrected chi connectivity index (χ4v) is 15.9. The number of carbonyl (C=O) groups excluding carboxylic acids is 4. The predicted octanol–water partition coefficient (Wildman–Crippen LogP) is 28.3. The van der Waals surface area contributed by atoms with Gasteiger partial charge in [-0.1, -0.05) is 446 Å². The number of carbonyl (C=O) groups is 4. The highest BCUT2D eigenvalue weighted by Gasteiger charge is 2.31. The molecule has 110 heavy (non-hydrogen) atoms. The van der Waals surface area contributed by atoms with Gasteiger partial charge in [0.1, 0.15) is 19.3 Å². The van der Waals surface area contributed by atoms with Crippen LogP contribution in [-0.2, 0) is 65.4 Å². The predicted molar refractivity (Wildman–Crippen MR) is 455 cm³/mol. The third kappa shape index (κ3) is 84.0. The lowest BCUT2D eigenvalue weighted by atomic mass is 10.0. The van der Waals surface area contributed by atoms with Crippen LogP contribution in [-0.4, -0.2) is 96.7 Å². The molecule has 5 atom stereocenters. The Hall–Kier alpha value is -1.94. The van der Waals surface area contributed by atoms with Crippen molar-refractivity contribution in [2.24, 2.45) is 5.92 Å². The molecule has 3 N–H and O–H groups in total. The third-order valence-corrected chi connectivity index (χ3v) is 23.4. The van der Waals surface area contributed by atoms with Crippen LogP contribution in [0.4, 0.5) is 0 Å². The third-order valence-electron chi connectivity index (χ3n) is 21.5. The van der Waals surface area contributed by atoms with Gasteiger partial charge in [-0.25, -0.2) is 9.13 Å². The van der Waals surface area contributed by atoms with Gasteiger partial charge in [-0.05, 0) is 31.6 Å². The van der Waals surface area contributed by atoms with Crippen LogP contribution in [0.3, 0.4) is 0 Å². The van der Waals surface area contributed by atoms with E-state index in [1.54, 1.807) is 0 Å². The van der Waals surface area contributed by atoms with Crippen molar-refractivity contribution >= 4 is 39.5 Å². The van der Waals surface area contributed by atoms with Crippen LogP contribution in [0.15, 0.2) is 0 Å². The van der Waals surface area contributed by atoms with Gasteiger partial charge >= 0.3 is 39.5 Å². The molecule has 0 rings (SSSR count). The first-order valence-corrected chi connectivity index (χ1v) is 50.1. The molecular formula is C91H178O17P2. The Morgan fingerprint density at radius 3 is 0.618 bits per heavy atom. The molecule has 0 bridgehead atoms. The van der Waals surface area contributed by atoms with Crippen LogP contribution >= 0.6 is 15.6 Å². The van der Waals surface area contributed by atoms with E-state index in [4.69, 9.17) is 37.0 Å². The first-order valence-electron chi connectivity index (χ1n) is 47.1. The van der Waals surface area contributed by atoms with E-state index in [9.17, 15) is 43.2 Å². The highest BCUT2D eigenvalue weighted by atomic mass is 31.2. The van der Waals surface area contributed by atoms with E-state index >= 15 is 0 Å². The summed E-state index contributed by atoms with van der Waals surface area (Å²) in [5, 5.41) is 10.7. The zero-order chi connectivity index (χ0) is 80.4. The van der Waals surface area contributed by atoms with Gasteiger partial charge in [0.15, 0.2) is 12.2 Å². The first-order chi connectivity index (χ1) is 53.5. The summed E-state index contributed by atoms with van der Waals surface area (Å²) < 4.78 is 69.1. The highest BCUT2D eigenvalue weighted by molar-refractivity contribution is 7.47. The Labute approximate surface area is 677 Å². The number of rotatable bonds is 91. The SMILES string of the molecule is CCCCCCCCCCCCCCCCCCCCCCCCC(=O)O[C@H](COC(=O)CCCCCCCCCCCCCCCCCCCCCCC)COP(=O)(O)OC[C@@H](O)COP(=O)(O)OC[C@@H](COC(=O)CCCCCCCCCCCC(C)C)OC(=O)CCCCCCCCCCCCCCCCC. The van der Waals surface area contributed by atoms with Crippen molar-refractivity contribution in [1.82, 2.24) is 0 Å². The average molecular weight is 1610 g/mol. The molecule has 654 valence electrons. The topological polar surface area (TPSA) is 237 Å². The Morgan fingerprint density at radius 1 is 0.245 bits per heavy atom. The van der Waals surface area contributed by atoms with E-state index in [1.807, 2.05) is 0 Å². The lowest BCUT2D eigenvalue weighted by molar-refractivity contribution is -0.161. The number of phosphoric ester groups is 2. The lowest BCUT2D eigenvalue weighted by Gasteiger charge is -2.21. The molecule has 19 heteroatoms. The Bertz CT molecular complexity index is 2080. The monoisotopic (exact) mass is 1610 g/mol. The Morgan fingerprint density at radius 2 is 0.418 bits per heavy atom. The van der Waals surface area contributed by atoms with Crippen LogP contribution in [0.5, 0.6) is 0 Å². The maximum atomic E-state index is 13.2. The van der Waals surface area contributed by atoms with Gasteiger partial charge in [0.25, 0.3) is 0 Å². The van der Waals surface area contributed by atoms with Gasteiger partial charge in [0.05, 0.1) is 26.4 Å². The summed E-state index contributed by atoms with van der Waals surface area (Å²) in [5.41, 5.74) is 0. The molecule has 0 heterocycles. The smallest absolute Gasteiger partial charge is 0.462 e. The molecule has 0 aromatic carbocycles. The van der Waals surface area contributed by atoms with Gasteiger partial charge < -0.3 is 33.8 Å². The quantitative estimate of drug-likeness (QED) is 0.0222. The van der Waals surface area contributed by atoms with Crippen LogP contribution in [0.25, 0.3) is 0 Å². The number of hydrogen-bond acceptors (Lipinski definition) is 15. The van der Waals surface area contributed by atoms with Crippen molar-refractivity contribution in [2.45, 2.75) is 515 Å². The highest BCUT2D eigenvalue weighted by Crippen LogP contribution is 2.45. The number of aliphatic hydroxyl groups excluding tert-OH is 1. The molecule has 0 radical (unpaired) electrons. The van der Waals surface area contributed by atoms with Crippen molar-refractivity contribution in [2.75, 3.05) is 39.6 Å². The lowest BCUT2D eigenvalue weighted by Crippen LogP contribution is -2.30. The fourth-order valence-electron chi connectivity index (χ4n) is 14.4. The molecule has 0 saturated heterocycles. The summed E-state index contributed by atoms with van der Waals surface area (Å²) >= 11 is 0. The molecule has 0 saturated carbocycles.